The number of nitrogens with zero attached hydrogens (tertiary/aromatic N) is 3. The number of carbonyl (C=O) groups excluding carboxylic acids is 2. The molecule has 0 aliphatic carbocycles. The highest BCUT2D eigenvalue weighted by Crippen LogP contribution is 2.33. The number of amides is 2. The number of amidine groups is 1. The van der Waals surface area contributed by atoms with Crippen LogP contribution < -0.4 is 15.0 Å². The van der Waals surface area contributed by atoms with Crippen molar-refractivity contribution in [1.29, 1.82) is 0 Å². The Labute approximate surface area is 224 Å². The summed E-state index contributed by atoms with van der Waals surface area (Å²) < 4.78 is 68.9. The molecule has 1 spiro atoms. The quantitative estimate of drug-likeness (QED) is 0.577. The van der Waals surface area contributed by atoms with E-state index >= 15 is 0 Å². The second-order valence-electron chi connectivity index (χ2n) is 9.39. The monoisotopic (exact) mass is 564 g/mol. The molecule has 208 valence electrons. The van der Waals surface area contributed by atoms with Gasteiger partial charge >= 0.3 is 6.36 Å². The van der Waals surface area contributed by atoms with Crippen LogP contribution in [0.4, 0.5) is 18.9 Å². The lowest BCUT2D eigenvalue weighted by atomic mass is 9.89. The van der Waals surface area contributed by atoms with Crippen LogP contribution in [-0.4, -0.2) is 62.4 Å². The van der Waals surface area contributed by atoms with Gasteiger partial charge in [-0.2, -0.15) is 4.31 Å². The van der Waals surface area contributed by atoms with E-state index in [1.807, 2.05) is 6.92 Å². The van der Waals surface area contributed by atoms with Gasteiger partial charge in [0.15, 0.2) is 0 Å². The molecule has 2 aromatic rings. The summed E-state index contributed by atoms with van der Waals surface area (Å²) in [5, 5.41) is 3.72. The van der Waals surface area contributed by atoms with Crippen molar-refractivity contribution in [3.8, 4) is 5.75 Å². The molecule has 2 aliphatic rings. The molecule has 2 heterocycles. The van der Waals surface area contributed by atoms with E-state index in [2.05, 4.69) is 15.0 Å². The summed E-state index contributed by atoms with van der Waals surface area (Å²) in [7, 11) is -2.16. The number of piperidine rings is 1. The number of sulfonamides is 1. The minimum Gasteiger partial charge on any atom is -0.406 e. The van der Waals surface area contributed by atoms with Crippen LogP contribution in [0.25, 0.3) is 6.08 Å². The molecule has 13 heteroatoms. The van der Waals surface area contributed by atoms with Gasteiger partial charge in [0.1, 0.15) is 17.1 Å². The standard InChI is InChI=1S/C26H27F3N4O5S/c1-17-15-21(32(3)18(2)34)8-7-19(17)9-14-39(36,37)33-12-10-25(11-13-33)24(35)30-23(31-25)20-5-4-6-22(16-20)38-26(27,28)29/h4-9,14-16H,10-13H2,1-3H3,(H,30,31,35)/b14-9+. The van der Waals surface area contributed by atoms with E-state index in [-0.39, 0.29) is 43.2 Å². The van der Waals surface area contributed by atoms with Crippen molar-refractivity contribution in [3.63, 3.8) is 0 Å². The van der Waals surface area contributed by atoms with Gasteiger partial charge < -0.3 is 15.0 Å². The van der Waals surface area contributed by atoms with E-state index in [1.54, 1.807) is 25.2 Å². The van der Waals surface area contributed by atoms with E-state index in [4.69, 9.17) is 0 Å². The molecule has 2 aliphatic heterocycles. The summed E-state index contributed by atoms with van der Waals surface area (Å²) in [6, 6.07) is 10.4. The summed E-state index contributed by atoms with van der Waals surface area (Å²) in [6.45, 7) is 3.34. The average molecular weight is 565 g/mol. The predicted octanol–water partition coefficient (Wildman–Crippen LogP) is 3.59. The Kier molecular flexibility index (Phi) is 7.59. The first-order valence-electron chi connectivity index (χ1n) is 12.0. The molecule has 0 unspecified atom stereocenters. The fraction of sp³-hybridized carbons (Fsp3) is 0.346. The number of alkyl halides is 3. The van der Waals surface area contributed by atoms with Gasteiger partial charge in [-0.3, -0.25) is 14.6 Å². The second-order valence-corrected chi connectivity index (χ2v) is 11.2. The summed E-state index contributed by atoms with van der Waals surface area (Å²) in [5.41, 5.74) is 1.19. The smallest absolute Gasteiger partial charge is 0.406 e. The van der Waals surface area contributed by atoms with Gasteiger partial charge in [-0.15, -0.1) is 13.2 Å². The Balaban J connectivity index is 1.45. The third-order valence-corrected chi connectivity index (χ3v) is 8.33. The first kappa shape index (κ1) is 28.3. The second kappa shape index (κ2) is 10.5. The van der Waals surface area contributed by atoms with Crippen LogP contribution >= 0.6 is 0 Å². The van der Waals surface area contributed by atoms with Gasteiger partial charge in [0.05, 0.1) is 0 Å². The zero-order chi connectivity index (χ0) is 28.6. The maximum Gasteiger partial charge on any atom is 0.573 e. The number of halogens is 3. The molecular weight excluding hydrogens is 537 g/mol. The lowest BCUT2D eigenvalue weighted by molar-refractivity contribution is -0.274. The molecule has 0 aromatic heterocycles. The summed E-state index contributed by atoms with van der Waals surface area (Å²) >= 11 is 0. The fourth-order valence-corrected chi connectivity index (χ4v) is 5.61. The molecule has 0 bridgehead atoms. The number of nitrogens with one attached hydrogen (secondary N) is 1. The van der Waals surface area contributed by atoms with Crippen LogP contribution in [0.1, 0.15) is 36.5 Å². The van der Waals surface area contributed by atoms with Crippen LogP contribution in [0.5, 0.6) is 5.75 Å². The maximum atomic E-state index is 13.0. The summed E-state index contributed by atoms with van der Waals surface area (Å²) in [4.78, 5) is 30.4. The molecule has 2 aromatic carbocycles. The molecule has 2 amide bonds. The van der Waals surface area contributed by atoms with Crippen molar-refractivity contribution in [3.05, 3.63) is 64.6 Å². The summed E-state index contributed by atoms with van der Waals surface area (Å²) in [5.74, 6) is -0.891. The van der Waals surface area contributed by atoms with Crippen molar-refractivity contribution < 1.29 is 35.9 Å². The maximum absolute atomic E-state index is 13.0. The number of aliphatic imine (C=N–C) groups is 1. The van der Waals surface area contributed by atoms with E-state index in [9.17, 15) is 31.2 Å². The number of aryl methyl sites for hydroxylation is 1. The van der Waals surface area contributed by atoms with Gasteiger partial charge in [-0.05, 0) is 61.2 Å². The average Bonchev–Trinajstić information content (AvgIpc) is 3.17. The Morgan fingerprint density at radius 3 is 2.49 bits per heavy atom. The number of hydrogen-bond donors (Lipinski definition) is 1. The number of ether oxygens (including phenoxy) is 1. The van der Waals surface area contributed by atoms with E-state index < -0.39 is 33.6 Å². The SMILES string of the molecule is CC(=O)N(C)c1ccc(/C=C/S(=O)(=O)N2CCC3(CC2)N=C(c2cccc(OC(F)(F)F)c2)NC3=O)c(C)c1. The van der Waals surface area contributed by atoms with Crippen LogP contribution in [0, 0.1) is 6.92 Å². The van der Waals surface area contributed by atoms with Crippen molar-refractivity contribution in [2.45, 2.75) is 38.6 Å². The molecule has 4 rings (SSSR count). The molecular formula is C26H27F3N4O5S. The van der Waals surface area contributed by atoms with Gasteiger partial charge in [-0.25, -0.2) is 8.42 Å². The first-order valence-corrected chi connectivity index (χ1v) is 13.5. The Hall–Kier alpha value is -3.71. The van der Waals surface area contributed by atoms with Crippen molar-refractivity contribution in [2.24, 2.45) is 4.99 Å². The fourth-order valence-electron chi connectivity index (χ4n) is 4.43. The molecule has 0 atom stereocenters. The molecule has 0 radical (unpaired) electrons. The van der Waals surface area contributed by atoms with Gasteiger partial charge in [0.2, 0.25) is 15.9 Å². The molecule has 0 saturated carbocycles. The van der Waals surface area contributed by atoms with Crippen LogP contribution in [0.2, 0.25) is 0 Å². The highest BCUT2D eigenvalue weighted by molar-refractivity contribution is 7.92. The zero-order valence-electron chi connectivity index (χ0n) is 21.4. The van der Waals surface area contributed by atoms with E-state index in [1.165, 1.54) is 34.3 Å². The molecule has 1 N–H and O–H groups in total. The first-order chi connectivity index (χ1) is 18.2. The number of rotatable bonds is 6. The van der Waals surface area contributed by atoms with Gasteiger partial charge in [-0.1, -0.05) is 18.2 Å². The minimum atomic E-state index is -4.86. The molecule has 1 fully saturated rings. The lowest BCUT2D eigenvalue weighted by Crippen LogP contribution is -2.50. The van der Waals surface area contributed by atoms with Crippen molar-refractivity contribution >= 4 is 39.4 Å². The number of hydrogen-bond acceptors (Lipinski definition) is 6. The highest BCUT2D eigenvalue weighted by atomic mass is 32.2. The number of anilines is 1. The molecule has 1 saturated heterocycles. The van der Waals surface area contributed by atoms with Crippen LogP contribution in [-0.2, 0) is 19.6 Å². The predicted molar refractivity (Wildman–Crippen MR) is 140 cm³/mol. The molecule has 39 heavy (non-hydrogen) atoms. The largest absolute Gasteiger partial charge is 0.573 e. The van der Waals surface area contributed by atoms with Crippen molar-refractivity contribution in [1.82, 2.24) is 9.62 Å². The number of benzene rings is 2. The van der Waals surface area contributed by atoms with E-state index in [0.29, 0.717) is 11.3 Å². The Morgan fingerprint density at radius 1 is 1.18 bits per heavy atom. The van der Waals surface area contributed by atoms with Gasteiger partial charge in [0.25, 0.3) is 5.91 Å². The lowest BCUT2D eigenvalue weighted by Gasteiger charge is -2.34. The number of carbonyl (C=O) groups is 2. The van der Waals surface area contributed by atoms with Crippen molar-refractivity contribution in [2.75, 3.05) is 25.0 Å². The van der Waals surface area contributed by atoms with Crippen LogP contribution in [0.15, 0.2) is 52.9 Å². The Bertz CT molecular complexity index is 1460. The van der Waals surface area contributed by atoms with Gasteiger partial charge in [0, 0.05) is 43.7 Å². The van der Waals surface area contributed by atoms with Crippen LogP contribution in [0.3, 0.4) is 0 Å². The minimum absolute atomic E-state index is 0.0371. The summed E-state index contributed by atoms with van der Waals surface area (Å²) in [6.07, 6.45) is -3.15. The molecule has 9 nitrogen and oxygen atoms in total. The topological polar surface area (TPSA) is 108 Å². The third kappa shape index (κ3) is 6.31. The third-order valence-electron chi connectivity index (χ3n) is 6.76. The zero-order valence-corrected chi connectivity index (χ0v) is 22.3. The normalized spacial score (nSPS) is 17.8. The highest BCUT2D eigenvalue weighted by Gasteiger charge is 2.47. The Morgan fingerprint density at radius 2 is 1.87 bits per heavy atom. The van der Waals surface area contributed by atoms with E-state index in [0.717, 1.165) is 23.1 Å².